The summed E-state index contributed by atoms with van der Waals surface area (Å²) in [6.45, 7) is 1.83. The van der Waals surface area contributed by atoms with Gasteiger partial charge in [-0.3, -0.25) is 4.79 Å². The van der Waals surface area contributed by atoms with Gasteiger partial charge in [-0.1, -0.05) is 18.2 Å². The lowest BCUT2D eigenvalue weighted by Gasteiger charge is -2.13. The van der Waals surface area contributed by atoms with Crippen molar-refractivity contribution in [2.75, 3.05) is 28.4 Å². The summed E-state index contributed by atoms with van der Waals surface area (Å²) in [4.78, 5) is 12.6. The lowest BCUT2D eigenvalue weighted by Crippen LogP contribution is -2.19. The molecule has 1 amide bonds. The number of hydrogen-bond acceptors (Lipinski definition) is 6. The molecule has 0 aromatic heterocycles. The Kier molecular flexibility index (Phi) is 6.41. The summed E-state index contributed by atoms with van der Waals surface area (Å²) in [6.07, 6.45) is 0. The first-order chi connectivity index (χ1) is 14.5. The molecule has 3 rings (SSSR count). The Morgan fingerprint density at radius 1 is 0.767 bits per heavy atom. The summed E-state index contributed by atoms with van der Waals surface area (Å²) in [7, 11) is 6.14. The van der Waals surface area contributed by atoms with E-state index in [0.717, 1.165) is 22.1 Å². The maximum Gasteiger partial charge on any atom is 0.271 e. The molecule has 7 heteroatoms. The van der Waals surface area contributed by atoms with Crippen LogP contribution in [0.3, 0.4) is 0 Å². The number of carbonyl (C=O) groups excluding carboxylic acids is 1. The van der Waals surface area contributed by atoms with Crippen LogP contribution in [-0.4, -0.2) is 40.1 Å². The van der Waals surface area contributed by atoms with Gasteiger partial charge in [0.1, 0.15) is 5.75 Å². The van der Waals surface area contributed by atoms with E-state index >= 15 is 0 Å². The van der Waals surface area contributed by atoms with Gasteiger partial charge in [0.15, 0.2) is 11.5 Å². The fourth-order valence-electron chi connectivity index (χ4n) is 3.05. The Balaban J connectivity index is 1.83. The predicted octanol–water partition coefficient (Wildman–Crippen LogP) is 4.03. The van der Waals surface area contributed by atoms with Crippen LogP contribution in [0.1, 0.15) is 22.8 Å². The second kappa shape index (κ2) is 9.17. The van der Waals surface area contributed by atoms with Crippen LogP contribution in [0.25, 0.3) is 10.8 Å². The minimum Gasteiger partial charge on any atom is -0.497 e. The van der Waals surface area contributed by atoms with E-state index in [9.17, 15) is 4.79 Å². The van der Waals surface area contributed by atoms with E-state index in [1.165, 1.54) is 21.3 Å². The van der Waals surface area contributed by atoms with Crippen LogP contribution in [0, 0.1) is 0 Å². The molecule has 3 aromatic carbocycles. The maximum absolute atomic E-state index is 12.6. The van der Waals surface area contributed by atoms with Crippen molar-refractivity contribution in [1.29, 1.82) is 0 Å². The number of nitrogens with one attached hydrogen (secondary N) is 1. The van der Waals surface area contributed by atoms with Gasteiger partial charge in [0.25, 0.3) is 5.91 Å². The highest BCUT2D eigenvalue weighted by atomic mass is 16.5. The first-order valence-corrected chi connectivity index (χ1v) is 9.23. The van der Waals surface area contributed by atoms with E-state index in [-0.39, 0.29) is 5.91 Å². The number of hydrazone groups is 1. The molecule has 0 aliphatic carbocycles. The van der Waals surface area contributed by atoms with Crippen molar-refractivity contribution >= 4 is 22.4 Å². The van der Waals surface area contributed by atoms with Gasteiger partial charge in [0, 0.05) is 5.56 Å². The summed E-state index contributed by atoms with van der Waals surface area (Å²) < 4.78 is 21.1. The number of benzene rings is 3. The second-order valence-electron chi connectivity index (χ2n) is 6.48. The molecule has 0 saturated heterocycles. The third kappa shape index (κ3) is 4.30. The summed E-state index contributed by atoms with van der Waals surface area (Å²) in [5.41, 5.74) is 4.50. The Morgan fingerprint density at radius 2 is 1.40 bits per heavy atom. The van der Waals surface area contributed by atoms with Gasteiger partial charge in [-0.2, -0.15) is 5.10 Å². The number of amides is 1. The zero-order valence-electron chi connectivity index (χ0n) is 17.6. The second-order valence-corrected chi connectivity index (χ2v) is 6.48. The van der Waals surface area contributed by atoms with Crippen molar-refractivity contribution in [3.63, 3.8) is 0 Å². The van der Waals surface area contributed by atoms with Gasteiger partial charge in [-0.25, -0.2) is 5.43 Å². The third-order valence-corrected chi connectivity index (χ3v) is 4.72. The number of fused-ring (bicyclic) bond motifs is 1. The lowest BCUT2D eigenvalue weighted by atomic mass is 10.0. The molecule has 0 aliphatic heterocycles. The average Bonchev–Trinajstić information content (AvgIpc) is 2.80. The highest BCUT2D eigenvalue weighted by Gasteiger charge is 2.17. The first-order valence-electron chi connectivity index (χ1n) is 9.23. The lowest BCUT2D eigenvalue weighted by molar-refractivity contribution is 0.0954. The minimum absolute atomic E-state index is 0.339. The van der Waals surface area contributed by atoms with Crippen LogP contribution in [0.4, 0.5) is 0 Å². The fourth-order valence-corrected chi connectivity index (χ4v) is 3.05. The molecule has 0 saturated carbocycles. The highest BCUT2D eigenvalue weighted by Crippen LogP contribution is 2.38. The molecule has 0 radical (unpaired) electrons. The molecule has 0 spiro atoms. The molecule has 0 atom stereocenters. The normalized spacial score (nSPS) is 11.2. The van der Waals surface area contributed by atoms with Gasteiger partial charge in [0.05, 0.1) is 34.2 Å². The number of methoxy groups -OCH3 is 4. The quantitative estimate of drug-likeness (QED) is 0.472. The van der Waals surface area contributed by atoms with Gasteiger partial charge in [0.2, 0.25) is 5.75 Å². The number of ether oxygens (including phenoxy) is 4. The van der Waals surface area contributed by atoms with Gasteiger partial charge in [-0.05, 0) is 53.6 Å². The Labute approximate surface area is 175 Å². The summed E-state index contributed by atoms with van der Waals surface area (Å²) in [5, 5.41) is 6.36. The molecule has 1 N–H and O–H groups in total. The number of hydrogen-bond donors (Lipinski definition) is 1. The van der Waals surface area contributed by atoms with E-state index in [1.54, 1.807) is 19.2 Å². The van der Waals surface area contributed by atoms with Crippen molar-refractivity contribution in [3.05, 3.63) is 59.7 Å². The van der Waals surface area contributed by atoms with E-state index < -0.39 is 0 Å². The summed E-state index contributed by atoms with van der Waals surface area (Å²) >= 11 is 0. The van der Waals surface area contributed by atoms with Crippen LogP contribution in [-0.2, 0) is 0 Å². The van der Waals surface area contributed by atoms with Crippen LogP contribution in [0.5, 0.6) is 23.0 Å². The van der Waals surface area contributed by atoms with Crippen LogP contribution >= 0.6 is 0 Å². The maximum atomic E-state index is 12.6. The van der Waals surface area contributed by atoms with Gasteiger partial charge in [-0.15, -0.1) is 0 Å². The third-order valence-electron chi connectivity index (χ3n) is 4.72. The molecule has 7 nitrogen and oxygen atoms in total. The molecule has 0 bridgehead atoms. The number of nitrogens with zero attached hydrogens (tertiary/aromatic N) is 1. The van der Waals surface area contributed by atoms with Crippen molar-refractivity contribution in [2.24, 2.45) is 5.10 Å². The fraction of sp³-hybridized carbons (Fsp3) is 0.217. The van der Waals surface area contributed by atoms with Crippen molar-refractivity contribution in [3.8, 4) is 23.0 Å². The monoisotopic (exact) mass is 408 g/mol. The van der Waals surface area contributed by atoms with E-state index in [1.807, 2.05) is 43.3 Å². The molecule has 0 unspecified atom stereocenters. The average molecular weight is 408 g/mol. The highest BCUT2D eigenvalue weighted by molar-refractivity contribution is 6.03. The SMILES string of the molecule is COc1ccc2cc(C(C)=NNC(=O)c3cc(OC)c(OC)c(OC)c3)ccc2c1. The standard InChI is InChI=1S/C23H24N2O5/c1-14(15-6-7-17-11-19(27-2)9-8-16(17)10-15)24-25-23(26)18-12-20(28-3)22(30-5)21(13-18)29-4/h6-13H,1-5H3,(H,25,26). The Bertz CT molecular complexity index is 1080. The molecule has 30 heavy (non-hydrogen) atoms. The molecule has 0 heterocycles. The van der Waals surface area contributed by atoms with Crippen molar-refractivity contribution in [1.82, 2.24) is 5.43 Å². The summed E-state index contributed by atoms with van der Waals surface area (Å²) in [5.74, 6) is 1.63. The smallest absolute Gasteiger partial charge is 0.271 e. The van der Waals surface area contributed by atoms with E-state index in [0.29, 0.717) is 28.5 Å². The molecule has 0 fully saturated rings. The van der Waals surface area contributed by atoms with Crippen LogP contribution < -0.4 is 24.4 Å². The predicted molar refractivity (Wildman–Crippen MR) is 116 cm³/mol. The zero-order valence-corrected chi connectivity index (χ0v) is 17.6. The molecule has 0 aliphatic rings. The molecule has 156 valence electrons. The van der Waals surface area contributed by atoms with Crippen LogP contribution in [0.15, 0.2) is 53.6 Å². The number of rotatable bonds is 7. The van der Waals surface area contributed by atoms with Crippen LogP contribution in [0.2, 0.25) is 0 Å². The molecular formula is C23H24N2O5. The van der Waals surface area contributed by atoms with Gasteiger partial charge >= 0.3 is 0 Å². The van der Waals surface area contributed by atoms with Crippen molar-refractivity contribution < 1.29 is 23.7 Å². The minimum atomic E-state index is -0.390. The first kappa shape index (κ1) is 21.0. The Morgan fingerprint density at radius 3 is 2.00 bits per heavy atom. The van der Waals surface area contributed by atoms with E-state index in [4.69, 9.17) is 18.9 Å². The van der Waals surface area contributed by atoms with Crippen molar-refractivity contribution in [2.45, 2.75) is 6.92 Å². The van der Waals surface area contributed by atoms with Gasteiger partial charge < -0.3 is 18.9 Å². The molecule has 3 aromatic rings. The number of carbonyl (C=O) groups is 1. The zero-order chi connectivity index (χ0) is 21.7. The topological polar surface area (TPSA) is 78.4 Å². The largest absolute Gasteiger partial charge is 0.497 e. The Hall–Kier alpha value is -3.74. The van der Waals surface area contributed by atoms with E-state index in [2.05, 4.69) is 10.5 Å². The summed E-state index contributed by atoms with van der Waals surface area (Å²) in [6, 6.07) is 15.0. The molecular weight excluding hydrogens is 384 g/mol.